The Morgan fingerprint density at radius 1 is 1.05 bits per heavy atom. The highest BCUT2D eigenvalue weighted by molar-refractivity contribution is 5.79. The maximum atomic E-state index is 11.7. The summed E-state index contributed by atoms with van der Waals surface area (Å²) >= 11 is 0. The van der Waals surface area contributed by atoms with E-state index in [2.05, 4.69) is 22.9 Å². The molecule has 0 atom stereocenters. The Morgan fingerprint density at radius 2 is 1.76 bits per heavy atom. The Kier molecular flexibility index (Phi) is 5.88. The summed E-state index contributed by atoms with van der Waals surface area (Å²) in [6.45, 7) is 4.24. The van der Waals surface area contributed by atoms with E-state index in [0.717, 1.165) is 32.2 Å². The van der Waals surface area contributed by atoms with E-state index < -0.39 is 0 Å². The minimum absolute atomic E-state index is 0.0833. The molecule has 0 aromatic heterocycles. The van der Waals surface area contributed by atoms with Gasteiger partial charge in [-0.3, -0.25) is 4.79 Å². The largest absolute Gasteiger partial charge is 0.356 e. The van der Waals surface area contributed by atoms with Crippen molar-refractivity contribution in [1.29, 1.82) is 0 Å². The fraction of sp³-hybridized carbons (Fsp3) is 0.875. The number of carbonyl (C=O) groups is 2. The van der Waals surface area contributed by atoms with E-state index in [4.69, 9.17) is 0 Å². The van der Waals surface area contributed by atoms with Crippen LogP contribution in [-0.4, -0.2) is 31.6 Å². The van der Waals surface area contributed by atoms with Gasteiger partial charge in [0.25, 0.3) is 0 Å². The molecule has 0 heterocycles. The lowest BCUT2D eigenvalue weighted by molar-refractivity contribution is -0.127. The van der Waals surface area contributed by atoms with Gasteiger partial charge < -0.3 is 16.0 Å². The maximum Gasteiger partial charge on any atom is 0.314 e. The molecule has 0 aliphatic heterocycles. The lowest BCUT2D eigenvalue weighted by Crippen LogP contribution is -2.45. The van der Waals surface area contributed by atoms with Crippen LogP contribution in [0.2, 0.25) is 0 Å². The van der Waals surface area contributed by atoms with Crippen LogP contribution < -0.4 is 16.0 Å². The molecule has 5 nitrogen and oxygen atoms in total. The van der Waals surface area contributed by atoms with Crippen LogP contribution in [-0.2, 0) is 4.79 Å². The van der Waals surface area contributed by atoms with Crippen molar-refractivity contribution in [3.05, 3.63) is 0 Å². The van der Waals surface area contributed by atoms with Crippen LogP contribution in [0.3, 0.4) is 0 Å². The number of rotatable bonds is 8. The second-order valence-electron chi connectivity index (χ2n) is 6.59. The zero-order valence-electron chi connectivity index (χ0n) is 13.2. The van der Waals surface area contributed by atoms with Gasteiger partial charge in [0.1, 0.15) is 0 Å². The van der Waals surface area contributed by atoms with Crippen molar-refractivity contribution in [1.82, 2.24) is 16.0 Å². The quantitative estimate of drug-likeness (QED) is 0.601. The molecule has 2 aliphatic rings. The molecule has 21 heavy (non-hydrogen) atoms. The average molecular weight is 295 g/mol. The fourth-order valence-corrected chi connectivity index (χ4v) is 2.98. The van der Waals surface area contributed by atoms with Gasteiger partial charge in [-0.05, 0) is 43.9 Å². The molecule has 3 amide bonds. The summed E-state index contributed by atoms with van der Waals surface area (Å²) in [5.74, 6) is 0.426. The molecule has 0 aromatic carbocycles. The van der Waals surface area contributed by atoms with Gasteiger partial charge in [0.05, 0.1) is 0 Å². The number of urea groups is 1. The summed E-state index contributed by atoms with van der Waals surface area (Å²) in [6, 6.07) is -0.0833. The van der Waals surface area contributed by atoms with E-state index in [1.54, 1.807) is 0 Å². The van der Waals surface area contributed by atoms with Crippen molar-refractivity contribution in [3.63, 3.8) is 0 Å². The summed E-state index contributed by atoms with van der Waals surface area (Å²) in [4.78, 5) is 23.3. The highest BCUT2D eigenvalue weighted by Gasteiger charge is 2.35. The van der Waals surface area contributed by atoms with Crippen LogP contribution in [0.1, 0.15) is 58.3 Å². The Labute approximate surface area is 127 Å². The Balaban J connectivity index is 1.46. The molecular weight excluding hydrogens is 266 g/mol. The molecule has 2 fully saturated rings. The third kappa shape index (κ3) is 4.61. The molecule has 0 radical (unpaired) electrons. The van der Waals surface area contributed by atoms with E-state index >= 15 is 0 Å². The second kappa shape index (κ2) is 7.66. The van der Waals surface area contributed by atoms with Gasteiger partial charge in [-0.1, -0.05) is 19.8 Å². The van der Waals surface area contributed by atoms with Crippen LogP contribution >= 0.6 is 0 Å². The highest BCUT2D eigenvalue weighted by atomic mass is 16.2. The van der Waals surface area contributed by atoms with Gasteiger partial charge in [0.15, 0.2) is 0 Å². The van der Waals surface area contributed by atoms with E-state index in [0.29, 0.717) is 18.5 Å². The predicted molar refractivity (Wildman–Crippen MR) is 82.9 cm³/mol. The number of amides is 3. The van der Waals surface area contributed by atoms with Crippen LogP contribution in [0.25, 0.3) is 0 Å². The highest BCUT2D eigenvalue weighted by Crippen LogP contribution is 2.42. The zero-order valence-corrected chi connectivity index (χ0v) is 13.2. The SMILES string of the molecule is CCC1(CNC(=O)NCCCNC(=O)C2CCC2)CCC1. The van der Waals surface area contributed by atoms with Crippen LogP contribution in [0.4, 0.5) is 4.79 Å². The molecule has 0 saturated heterocycles. The minimum atomic E-state index is -0.0833. The number of hydrogen-bond acceptors (Lipinski definition) is 2. The normalized spacial score (nSPS) is 20.0. The monoisotopic (exact) mass is 295 g/mol. The van der Waals surface area contributed by atoms with Gasteiger partial charge >= 0.3 is 6.03 Å². The fourth-order valence-electron chi connectivity index (χ4n) is 2.98. The standard InChI is InChI=1S/C16H29N3O2/c1-2-16(8-4-9-16)12-19-15(21)18-11-5-10-17-14(20)13-6-3-7-13/h13H,2-12H2,1H3,(H,17,20)(H2,18,19,21). The topological polar surface area (TPSA) is 70.2 Å². The van der Waals surface area contributed by atoms with Crippen molar-refractivity contribution in [3.8, 4) is 0 Å². The van der Waals surface area contributed by atoms with Gasteiger partial charge in [-0.25, -0.2) is 4.79 Å². The van der Waals surface area contributed by atoms with Crippen molar-refractivity contribution < 1.29 is 9.59 Å². The summed E-state index contributed by atoms with van der Waals surface area (Å²) in [5, 5.41) is 8.76. The molecule has 0 spiro atoms. The molecule has 2 aliphatic carbocycles. The lowest BCUT2D eigenvalue weighted by atomic mass is 9.67. The van der Waals surface area contributed by atoms with Crippen LogP contribution in [0.5, 0.6) is 0 Å². The Bertz CT molecular complexity index is 357. The summed E-state index contributed by atoms with van der Waals surface area (Å²) in [7, 11) is 0. The second-order valence-corrected chi connectivity index (χ2v) is 6.59. The van der Waals surface area contributed by atoms with Crippen molar-refractivity contribution in [2.45, 2.75) is 58.3 Å². The number of nitrogens with one attached hydrogen (secondary N) is 3. The molecular formula is C16H29N3O2. The Morgan fingerprint density at radius 3 is 2.29 bits per heavy atom. The third-order valence-electron chi connectivity index (χ3n) is 5.20. The summed E-state index contributed by atoms with van der Waals surface area (Å²) in [5.41, 5.74) is 0.355. The summed E-state index contributed by atoms with van der Waals surface area (Å²) < 4.78 is 0. The Hall–Kier alpha value is -1.26. The predicted octanol–water partition coefficient (Wildman–Crippen LogP) is 2.17. The molecule has 0 unspecified atom stereocenters. The van der Waals surface area contributed by atoms with Gasteiger partial charge in [-0.2, -0.15) is 0 Å². The van der Waals surface area contributed by atoms with E-state index in [1.807, 2.05) is 0 Å². The van der Waals surface area contributed by atoms with E-state index in [-0.39, 0.29) is 17.9 Å². The van der Waals surface area contributed by atoms with E-state index in [9.17, 15) is 9.59 Å². The average Bonchev–Trinajstić information content (AvgIpc) is 2.35. The van der Waals surface area contributed by atoms with Gasteiger partial charge in [-0.15, -0.1) is 0 Å². The first-order chi connectivity index (χ1) is 10.2. The van der Waals surface area contributed by atoms with Crippen molar-refractivity contribution in [2.75, 3.05) is 19.6 Å². The number of carbonyl (C=O) groups excluding carboxylic acids is 2. The smallest absolute Gasteiger partial charge is 0.314 e. The van der Waals surface area contributed by atoms with Crippen molar-refractivity contribution >= 4 is 11.9 Å². The molecule has 2 rings (SSSR count). The molecule has 5 heteroatoms. The van der Waals surface area contributed by atoms with Gasteiger partial charge in [0.2, 0.25) is 5.91 Å². The molecule has 0 bridgehead atoms. The summed E-state index contributed by atoms with van der Waals surface area (Å²) in [6.07, 6.45) is 8.92. The van der Waals surface area contributed by atoms with Crippen LogP contribution in [0.15, 0.2) is 0 Å². The molecule has 2 saturated carbocycles. The molecule has 120 valence electrons. The first-order valence-corrected chi connectivity index (χ1v) is 8.45. The minimum Gasteiger partial charge on any atom is -0.356 e. The van der Waals surface area contributed by atoms with Crippen molar-refractivity contribution in [2.24, 2.45) is 11.3 Å². The lowest BCUT2D eigenvalue weighted by Gasteiger charge is -2.41. The van der Waals surface area contributed by atoms with E-state index in [1.165, 1.54) is 25.7 Å². The maximum absolute atomic E-state index is 11.7. The molecule has 0 aromatic rings. The number of hydrogen-bond donors (Lipinski definition) is 3. The van der Waals surface area contributed by atoms with Crippen LogP contribution in [0, 0.1) is 11.3 Å². The van der Waals surface area contributed by atoms with Gasteiger partial charge in [0, 0.05) is 25.6 Å². The first-order valence-electron chi connectivity index (χ1n) is 8.45. The molecule has 3 N–H and O–H groups in total. The third-order valence-corrected chi connectivity index (χ3v) is 5.20. The first kappa shape index (κ1) is 16.1. The zero-order chi connectivity index (χ0) is 15.1.